The summed E-state index contributed by atoms with van der Waals surface area (Å²) in [6.07, 6.45) is -1.07. The molecule has 0 fully saturated rings. The van der Waals surface area contributed by atoms with Gasteiger partial charge in [0.25, 0.3) is 0 Å². The minimum Gasteiger partial charge on any atom is -0.464 e. The van der Waals surface area contributed by atoms with Gasteiger partial charge in [-0.25, -0.2) is 4.79 Å². The second-order valence-electron chi connectivity index (χ2n) is 5.00. The molecule has 1 amide bonds. The van der Waals surface area contributed by atoms with Gasteiger partial charge in [-0.05, 0) is 23.3 Å². The Hall–Kier alpha value is -3.13. The zero-order valence-corrected chi connectivity index (χ0v) is 11.7. The Morgan fingerprint density at radius 2 is 1.86 bits per heavy atom. The van der Waals surface area contributed by atoms with Gasteiger partial charge in [0.2, 0.25) is 0 Å². The molecular formula is C17H13N3O2. The van der Waals surface area contributed by atoms with Gasteiger partial charge in [0.05, 0.1) is 23.9 Å². The summed E-state index contributed by atoms with van der Waals surface area (Å²) >= 11 is 0. The molecular weight excluding hydrogens is 278 g/mol. The van der Waals surface area contributed by atoms with Crippen molar-refractivity contribution in [2.24, 2.45) is 5.10 Å². The molecule has 1 aliphatic rings. The van der Waals surface area contributed by atoms with Crippen LogP contribution in [0, 0.1) is 11.3 Å². The molecule has 1 unspecified atom stereocenters. The molecule has 3 rings (SSSR count). The van der Waals surface area contributed by atoms with E-state index >= 15 is 0 Å². The van der Waals surface area contributed by atoms with Crippen molar-refractivity contribution in [1.82, 2.24) is 5.01 Å². The summed E-state index contributed by atoms with van der Waals surface area (Å²) in [5.41, 5.74) is 3.12. The predicted octanol–water partition coefficient (Wildman–Crippen LogP) is 3.04. The molecule has 108 valence electrons. The van der Waals surface area contributed by atoms with Gasteiger partial charge < -0.3 is 5.11 Å². The van der Waals surface area contributed by atoms with Crippen molar-refractivity contribution in [3.8, 4) is 6.07 Å². The first-order chi connectivity index (χ1) is 10.7. The SMILES string of the molecule is N#Cc1ccc(C2=NN(C(=O)O)CC2c2ccccc2)cc1. The van der Waals surface area contributed by atoms with Crippen molar-refractivity contribution in [3.63, 3.8) is 0 Å². The first-order valence-corrected chi connectivity index (χ1v) is 6.83. The smallest absolute Gasteiger partial charge is 0.427 e. The summed E-state index contributed by atoms with van der Waals surface area (Å²) in [6, 6.07) is 18.8. The number of carbonyl (C=O) groups is 1. The van der Waals surface area contributed by atoms with E-state index in [4.69, 9.17) is 5.26 Å². The van der Waals surface area contributed by atoms with Crippen molar-refractivity contribution in [2.75, 3.05) is 6.54 Å². The summed E-state index contributed by atoms with van der Waals surface area (Å²) in [4.78, 5) is 11.2. The van der Waals surface area contributed by atoms with Crippen molar-refractivity contribution in [1.29, 1.82) is 5.26 Å². The van der Waals surface area contributed by atoms with Crippen molar-refractivity contribution < 1.29 is 9.90 Å². The predicted molar refractivity (Wildman–Crippen MR) is 81.6 cm³/mol. The molecule has 0 spiro atoms. The lowest BCUT2D eigenvalue weighted by molar-refractivity contribution is 0.151. The van der Waals surface area contributed by atoms with Crippen LogP contribution in [0.3, 0.4) is 0 Å². The van der Waals surface area contributed by atoms with Gasteiger partial charge in [-0.2, -0.15) is 15.4 Å². The largest absolute Gasteiger partial charge is 0.464 e. The van der Waals surface area contributed by atoms with Gasteiger partial charge in [0.1, 0.15) is 0 Å². The van der Waals surface area contributed by atoms with Crippen LogP contribution >= 0.6 is 0 Å². The Morgan fingerprint density at radius 3 is 2.45 bits per heavy atom. The van der Waals surface area contributed by atoms with E-state index in [2.05, 4.69) is 11.2 Å². The lowest BCUT2D eigenvalue weighted by atomic mass is 9.90. The normalized spacial score (nSPS) is 17.0. The Labute approximate surface area is 127 Å². The maximum absolute atomic E-state index is 11.2. The van der Waals surface area contributed by atoms with Gasteiger partial charge in [-0.15, -0.1) is 0 Å². The topological polar surface area (TPSA) is 76.7 Å². The van der Waals surface area contributed by atoms with Crippen molar-refractivity contribution in [2.45, 2.75) is 5.92 Å². The maximum atomic E-state index is 11.2. The highest BCUT2D eigenvalue weighted by Crippen LogP contribution is 2.28. The number of rotatable bonds is 2. The molecule has 2 aromatic rings. The van der Waals surface area contributed by atoms with Crippen molar-refractivity contribution in [3.05, 3.63) is 71.3 Å². The molecule has 22 heavy (non-hydrogen) atoms. The van der Waals surface area contributed by atoms with E-state index in [1.54, 1.807) is 24.3 Å². The highest BCUT2D eigenvalue weighted by Gasteiger charge is 2.31. The van der Waals surface area contributed by atoms with E-state index in [-0.39, 0.29) is 5.92 Å². The van der Waals surface area contributed by atoms with Crippen LogP contribution in [0.5, 0.6) is 0 Å². The van der Waals surface area contributed by atoms with Crippen LogP contribution in [-0.4, -0.2) is 28.5 Å². The molecule has 0 bridgehead atoms. The number of hydrazone groups is 1. The zero-order valence-electron chi connectivity index (χ0n) is 11.7. The van der Waals surface area contributed by atoms with Gasteiger partial charge in [0, 0.05) is 5.92 Å². The molecule has 5 nitrogen and oxygen atoms in total. The second kappa shape index (κ2) is 5.70. The number of hydrogen-bond donors (Lipinski definition) is 1. The van der Waals surface area contributed by atoms with Gasteiger partial charge in [-0.3, -0.25) is 0 Å². The number of hydrogen-bond acceptors (Lipinski definition) is 3. The molecule has 0 radical (unpaired) electrons. The quantitative estimate of drug-likeness (QED) is 0.923. The third-order valence-corrected chi connectivity index (χ3v) is 3.65. The highest BCUT2D eigenvalue weighted by atomic mass is 16.4. The Kier molecular flexibility index (Phi) is 3.58. The molecule has 1 heterocycles. The average molecular weight is 291 g/mol. The Bertz CT molecular complexity index is 761. The van der Waals surface area contributed by atoms with Crippen LogP contribution in [0.15, 0.2) is 59.7 Å². The monoisotopic (exact) mass is 291 g/mol. The number of nitrogens with zero attached hydrogens (tertiary/aromatic N) is 3. The number of nitriles is 1. The first-order valence-electron chi connectivity index (χ1n) is 6.83. The van der Waals surface area contributed by atoms with Gasteiger partial charge in [0.15, 0.2) is 0 Å². The molecule has 1 aliphatic heterocycles. The van der Waals surface area contributed by atoms with Gasteiger partial charge >= 0.3 is 6.09 Å². The fourth-order valence-corrected chi connectivity index (χ4v) is 2.54. The molecule has 2 aromatic carbocycles. The molecule has 0 aliphatic carbocycles. The molecule has 5 heteroatoms. The van der Waals surface area contributed by atoms with E-state index in [0.717, 1.165) is 16.1 Å². The van der Waals surface area contributed by atoms with Gasteiger partial charge in [-0.1, -0.05) is 42.5 Å². The number of amides is 1. The molecule has 0 saturated carbocycles. The summed E-state index contributed by atoms with van der Waals surface area (Å²) in [6.45, 7) is 0.300. The summed E-state index contributed by atoms with van der Waals surface area (Å²) in [5, 5.41) is 23.4. The van der Waals surface area contributed by atoms with E-state index in [1.165, 1.54) is 0 Å². The zero-order chi connectivity index (χ0) is 15.5. The average Bonchev–Trinajstić information content (AvgIpc) is 3.01. The molecule has 1 N–H and O–H groups in total. The van der Waals surface area contributed by atoms with E-state index in [9.17, 15) is 9.90 Å². The van der Waals surface area contributed by atoms with Crippen LogP contribution in [-0.2, 0) is 0 Å². The third-order valence-electron chi connectivity index (χ3n) is 3.65. The van der Waals surface area contributed by atoms with E-state index < -0.39 is 6.09 Å². The van der Waals surface area contributed by atoms with Crippen LogP contribution in [0.4, 0.5) is 4.79 Å². The van der Waals surface area contributed by atoms with Crippen molar-refractivity contribution >= 4 is 11.8 Å². The summed E-state index contributed by atoms with van der Waals surface area (Å²) < 4.78 is 0. The minimum atomic E-state index is -1.07. The lowest BCUT2D eigenvalue weighted by Gasteiger charge is -2.13. The van der Waals surface area contributed by atoms with E-state index in [0.29, 0.717) is 17.8 Å². The lowest BCUT2D eigenvalue weighted by Crippen LogP contribution is -2.23. The maximum Gasteiger partial charge on any atom is 0.427 e. The number of benzene rings is 2. The Balaban J connectivity index is 2.01. The summed E-state index contributed by atoms with van der Waals surface area (Å²) in [5.74, 6) is -0.106. The fraction of sp³-hybridized carbons (Fsp3) is 0.118. The standard InChI is InChI=1S/C17H13N3O2/c18-10-12-6-8-14(9-7-12)16-15(11-20(19-16)17(21)22)13-4-2-1-3-5-13/h1-9,15H,11H2,(H,21,22). The fourth-order valence-electron chi connectivity index (χ4n) is 2.54. The molecule has 0 aromatic heterocycles. The van der Waals surface area contributed by atoms with Crippen LogP contribution in [0.2, 0.25) is 0 Å². The third kappa shape index (κ3) is 2.54. The Morgan fingerprint density at radius 1 is 1.18 bits per heavy atom. The molecule has 0 saturated heterocycles. The van der Waals surface area contributed by atoms with Crippen LogP contribution < -0.4 is 0 Å². The highest BCUT2D eigenvalue weighted by molar-refractivity contribution is 6.07. The second-order valence-corrected chi connectivity index (χ2v) is 5.00. The number of carboxylic acid groups (broad SMARTS) is 1. The summed E-state index contributed by atoms with van der Waals surface area (Å²) in [7, 11) is 0. The molecule has 1 atom stereocenters. The van der Waals surface area contributed by atoms with Crippen LogP contribution in [0.25, 0.3) is 0 Å². The first kappa shape index (κ1) is 13.8. The van der Waals surface area contributed by atoms with Crippen LogP contribution in [0.1, 0.15) is 22.6 Å². The minimum absolute atomic E-state index is 0.106. The van der Waals surface area contributed by atoms with E-state index in [1.807, 2.05) is 30.3 Å².